The number of aryl methyl sites for hydroxylation is 1. The Hall–Kier alpha value is -3.60. The minimum Gasteiger partial charge on any atom is -1.00 e. The molecule has 0 spiro atoms. The van der Waals surface area contributed by atoms with Crippen LogP contribution in [0.25, 0.3) is 33.2 Å². The Morgan fingerprint density at radius 1 is 1.06 bits per heavy atom. The van der Waals surface area contributed by atoms with Crippen molar-refractivity contribution < 1.29 is 39.3 Å². The molecule has 150 valence electrons. The molecule has 3 heterocycles. The van der Waals surface area contributed by atoms with Crippen LogP contribution >= 0.6 is 0 Å². The number of fused-ring (bicyclic) bond motifs is 2. The molecule has 0 unspecified atom stereocenters. The fourth-order valence-electron chi connectivity index (χ4n) is 3.42. The van der Waals surface area contributed by atoms with Crippen molar-refractivity contribution >= 4 is 27.9 Å². The third-order valence-corrected chi connectivity index (χ3v) is 4.88. The summed E-state index contributed by atoms with van der Waals surface area (Å²) >= 11 is 0. The summed E-state index contributed by atoms with van der Waals surface area (Å²) in [7, 11) is 0. The zero-order chi connectivity index (χ0) is 20.8. The summed E-state index contributed by atoms with van der Waals surface area (Å²) in [5, 5.41) is 10.1. The number of carbonyl (C=O) groups is 1. The number of ether oxygens (including phenoxy) is 1. The molecular weight excluding hydrogens is 394 g/mol. The van der Waals surface area contributed by atoms with Crippen molar-refractivity contribution in [2.24, 2.45) is 0 Å². The monoisotopic (exact) mass is 410 g/mol. The number of nitrogens with zero attached hydrogens (tertiary/aromatic N) is 2. The van der Waals surface area contributed by atoms with Gasteiger partial charge in [-0.2, -0.15) is 0 Å². The van der Waals surface area contributed by atoms with Gasteiger partial charge in [0, 0.05) is 22.3 Å². The van der Waals surface area contributed by atoms with Crippen molar-refractivity contribution in [3.63, 3.8) is 0 Å². The zero-order valence-corrected chi connectivity index (χ0v) is 16.7. The Balaban J connectivity index is 0.00000144. The molecule has 0 radical (unpaired) electrons. The molecule has 0 aliphatic rings. The van der Waals surface area contributed by atoms with Crippen LogP contribution in [-0.4, -0.2) is 31.0 Å². The van der Waals surface area contributed by atoms with Gasteiger partial charge in [-0.05, 0) is 48.9 Å². The van der Waals surface area contributed by atoms with Crippen LogP contribution in [0.1, 0.15) is 17.5 Å². The predicted molar refractivity (Wildman–Crippen MR) is 110 cm³/mol. The third-order valence-electron chi connectivity index (χ3n) is 4.88. The molecule has 0 saturated carbocycles. The molecule has 7 nitrogen and oxygen atoms in total. The molecule has 0 amide bonds. The molecule has 9 heteroatoms. The van der Waals surface area contributed by atoms with Crippen LogP contribution in [0.4, 0.5) is 4.39 Å². The normalized spacial score (nSPS) is 10.9. The topological polar surface area (TPSA) is 104 Å². The van der Waals surface area contributed by atoms with Gasteiger partial charge >= 0.3 is 24.8 Å². The number of hydrogen-bond donors (Lipinski definition) is 3. The summed E-state index contributed by atoms with van der Waals surface area (Å²) in [6.45, 7) is 1.86. The van der Waals surface area contributed by atoms with E-state index in [2.05, 4.69) is 19.9 Å². The molecule has 0 bridgehead atoms. The summed E-state index contributed by atoms with van der Waals surface area (Å²) in [5.41, 5.74) is 3.76. The SMILES string of the molecule is Cc1cc2c(F)c(Oc3ncnc4[nH]c(-c5ccc(C(=O)O)cc5)cc34)ccc2[nH]1.[H-].[Li+]. The number of carboxylic acids is 1. The Kier molecular flexibility index (Phi) is 5.27. The Bertz CT molecular complexity index is 1430. The largest absolute Gasteiger partial charge is 1.00 e. The smallest absolute Gasteiger partial charge is 1.00 e. The quantitative estimate of drug-likeness (QED) is 0.394. The van der Waals surface area contributed by atoms with Crippen LogP contribution in [0.5, 0.6) is 11.6 Å². The van der Waals surface area contributed by atoms with Gasteiger partial charge in [-0.25, -0.2) is 19.2 Å². The predicted octanol–water partition coefficient (Wildman–Crippen LogP) is 2.16. The minimum atomic E-state index is -0.989. The number of aromatic nitrogens is 4. The third kappa shape index (κ3) is 3.67. The molecular formula is C22H16FLiN4O3. The number of benzene rings is 2. The van der Waals surface area contributed by atoms with E-state index < -0.39 is 11.8 Å². The van der Waals surface area contributed by atoms with Crippen molar-refractivity contribution in [1.82, 2.24) is 19.9 Å². The maximum absolute atomic E-state index is 14.9. The van der Waals surface area contributed by atoms with Crippen molar-refractivity contribution in [2.45, 2.75) is 6.92 Å². The fourth-order valence-corrected chi connectivity index (χ4v) is 3.42. The summed E-state index contributed by atoms with van der Waals surface area (Å²) in [5.74, 6) is -1.18. The number of H-pyrrole nitrogens is 2. The van der Waals surface area contributed by atoms with Gasteiger partial charge in [-0.3, -0.25) is 0 Å². The number of carboxylic acid groups (broad SMARTS) is 1. The van der Waals surface area contributed by atoms with E-state index in [9.17, 15) is 9.18 Å². The van der Waals surface area contributed by atoms with Crippen molar-refractivity contribution in [2.75, 3.05) is 0 Å². The van der Waals surface area contributed by atoms with Crippen molar-refractivity contribution in [1.29, 1.82) is 0 Å². The second kappa shape index (κ2) is 7.91. The van der Waals surface area contributed by atoms with Gasteiger partial charge in [0.15, 0.2) is 11.6 Å². The number of aromatic amines is 2. The van der Waals surface area contributed by atoms with E-state index in [1.807, 2.05) is 6.92 Å². The first-order chi connectivity index (χ1) is 14.5. The van der Waals surface area contributed by atoms with E-state index in [-0.39, 0.29) is 37.5 Å². The van der Waals surface area contributed by atoms with Gasteiger partial charge in [0.1, 0.15) is 12.0 Å². The fraction of sp³-hybridized carbons (Fsp3) is 0.0455. The Labute approximate surface area is 189 Å². The van der Waals surface area contributed by atoms with Crippen LogP contribution in [0.2, 0.25) is 0 Å². The van der Waals surface area contributed by atoms with Crippen molar-refractivity contribution in [3.05, 3.63) is 71.9 Å². The number of nitrogens with one attached hydrogen (secondary N) is 2. The molecule has 31 heavy (non-hydrogen) atoms. The van der Waals surface area contributed by atoms with Crippen LogP contribution in [0, 0.1) is 12.7 Å². The summed E-state index contributed by atoms with van der Waals surface area (Å²) in [6.07, 6.45) is 1.34. The maximum atomic E-state index is 14.9. The van der Waals surface area contributed by atoms with Crippen LogP contribution in [0.15, 0.2) is 54.9 Å². The average Bonchev–Trinajstić information content (AvgIpc) is 3.34. The molecule has 0 saturated heterocycles. The van der Waals surface area contributed by atoms with Crippen LogP contribution < -0.4 is 23.6 Å². The maximum Gasteiger partial charge on any atom is 1.00 e. The first-order valence-electron chi connectivity index (χ1n) is 9.13. The first-order valence-corrected chi connectivity index (χ1v) is 9.13. The second-order valence-corrected chi connectivity index (χ2v) is 6.90. The summed E-state index contributed by atoms with van der Waals surface area (Å²) in [4.78, 5) is 25.7. The Morgan fingerprint density at radius 2 is 1.84 bits per heavy atom. The molecule has 3 aromatic heterocycles. The van der Waals surface area contributed by atoms with E-state index >= 15 is 0 Å². The zero-order valence-electron chi connectivity index (χ0n) is 17.7. The number of halogens is 1. The van der Waals surface area contributed by atoms with Gasteiger partial charge < -0.3 is 21.2 Å². The molecule has 2 aromatic carbocycles. The first kappa shape index (κ1) is 20.7. The number of rotatable bonds is 4. The van der Waals surface area contributed by atoms with Crippen molar-refractivity contribution in [3.8, 4) is 22.9 Å². The second-order valence-electron chi connectivity index (χ2n) is 6.90. The molecule has 3 N–H and O–H groups in total. The standard InChI is InChI=1S/C22H15FN4O3.Li.H/c1-11-8-14-16(26-11)6-7-18(19(14)23)30-21-15-9-17(27-20(15)24-10-25-21)12-2-4-13(5-3-12)22(28)29;;/h2-10,26H,1H3,(H,28,29)(H,24,25,27);;/q;+1;-1. The van der Waals surface area contributed by atoms with Crippen LogP contribution in [0.3, 0.4) is 0 Å². The van der Waals surface area contributed by atoms with Gasteiger partial charge in [-0.15, -0.1) is 0 Å². The summed E-state index contributed by atoms with van der Waals surface area (Å²) < 4.78 is 20.7. The van der Waals surface area contributed by atoms with E-state index in [0.29, 0.717) is 27.6 Å². The van der Waals surface area contributed by atoms with E-state index in [0.717, 1.165) is 11.3 Å². The van der Waals surface area contributed by atoms with Gasteiger partial charge in [0.2, 0.25) is 5.88 Å². The Morgan fingerprint density at radius 3 is 2.58 bits per heavy atom. The molecule has 0 fully saturated rings. The number of hydrogen-bond acceptors (Lipinski definition) is 4. The molecule has 0 aliphatic carbocycles. The molecule has 5 rings (SSSR count). The van der Waals surface area contributed by atoms with Gasteiger partial charge in [0.25, 0.3) is 0 Å². The molecule has 0 aliphatic heterocycles. The van der Waals surface area contributed by atoms with E-state index in [1.165, 1.54) is 18.5 Å². The summed E-state index contributed by atoms with van der Waals surface area (Å²) in [6, 6.07) is 13.3. The van der Waals surface area contributed by atoms with Crippen LogP contribution in [-0.2, 0) is 0 Å². The average molecular weight is 410 g/mol. The number of aromatic carboxylic acids is 1. The molecule has 0 atom stereocenters. The minimum absolute atomic E-state index is 0. The van der Waals surface area contributed by atoms with E-state index in [1.54, 1.807) is 36.4 Å². The van der Waals surface area contributed by atoms with Gasteiger partial charge in [-0.1, -0.05) is 12.1 Å². The molecule has 5 aromatic rings. The van der Waals surface area contributed by atoms with E-state index in [4.69, 9.17) is 9.84 Å². The van der Waals surface area contributed by atoms with Gasteiger partial charge in [0.05, 0.1) is 10.9 Å².